The van der Waals surface area contributed by atoms with Gasteiger partial charge in [0.15, 0.2) is 0 Å². The van der Waals surface area contributed by atoms with Crippen molar-refractivity contribution >= 4 is 5.97 Å². The van der Waals surface area contributed by atoms with Crippen LogP contribution in [0.2, 0.25) is 0 Å². The zero-order chi connectivity index (χ0) is 12.0. The summed E-state index contributed by atoms with van der Waals surface area (Å²) in [4.78, 5) is 9.66. The van der Waals surface area contributed by atoms with Crippen LogP contribution in [0.5, 0.6) is 0 Å². The number of aliphatic carboxylic acids is 1. The summed E-state index contributed by atoms with van der Waals surface area (Å²) in [5.74, 6) is -1.45. The third-order valence-electron chi connectivity index (χ3n) is 2.21. The van der Waals surface area contributed by atoms with Crippen molar-refractivity contribution in [1.29, 1.82) is 0 Å². The van der Waals surface area contributed by atoms with Gasteiger partial charge in [0.25, 0.3) is 0 Å². The van der Waals surface area contributed by atoms with Crippen LogP contribution in [0, 0.1) is 0 Å². The zero-order valence-corrected chi connectivity index (χ0v) is 10.1. The highest BCUT2D eigenvalue weighted by Crippen LogP contribution is 1.95. The Morgan fingerprint density at radius 2 is 1.50 bits per heavy atom. The van der Waals surface area contributed by atoms with Crippen LogP contribution in [0.15, 0.2) is 0 Å². The number of carboxylic acids is 1. The average Bonchev–Trinajstić information content (AvgIpc) is 2.04. The first kappa shape index (κ1) is 15.8. The number of carbonyl (C=O) groups is 1. The van der Waals surface area contributed by atoms with E-state index >= 15 is 0 Å². The van der Waals surface area contributed by atoms with E-state index in [2.05, 4.69) is 27.9 Å². The molecule has 0 atom stereocenters. The molecule has 0 aliphatic carbocycles. The highest BCUT2D eigenvalue weighted by atomic mass is 16.4. The Morgan fingerprint density at radius 1 is 1.29 bits per heavy atom. The van der Waals surface area contributed by atoms with Gasteiger partial charge < -0.3 is 19.5 Å². The van der Waals surface area contributed by atoms with Crippen molar-refractivity contribution in [2.75, 3.05) is 27.2 Å². The van der Waals surface area contributed by atoms with Gasteiger partial charge in [-0.15, -0.1) is 0 Å². The second-order valence-electron chi connectivity index (χ2n) is 4.41. The molecule has 0 aromatic heterocycles. The summed E-state index contributed by atoms with van der Waals surface area (Å²) in [5, 5.41) is 18.1. The van der Waals surface area contributed by atoms with E-state index < -0.39 is 11.6 Å². The fraction of sp³-hybridized carbons (Fsp3) is 0.900. The maximum atomic E-state index is 9.66. The largest absolute Gasteiger partial charge is 0.547 e. The van der Waals surface area contributed by atoms with E-state index in [-0.39, 0.29) is 0 Å². The van der Waals surface area contributed by atoms with Crippen molar-refractivity contribution in [3.8, 4) is 0 Å². The number of aliphatic hydroxyl groups is 1. The standard InChI is InChI=1S/C6H16N.C4H8O3/c1-5-7(3,4)6-2;1-4(2,7)3(5)6/h5-6H2,1-4H3;7H,1-2H3,(H,5,6)/q+1;/p-1. The summed E-state index contributed by atoms with van der Waals surface area (Å²) in [6.45, 7) is 9.20. The van der Waals surface area contributed by atoms with Gasteiger partial charge in [-0.05, 0) is 27.7 Å². The van der Waals surface area contributed by atoms with Crippen LogP contribution in [0.4, 0.5) is 0 Å². The van der Waals surface area contributed by atoms with E-state index in [1.807, 2.05) is 0 Å². The number of quaternary nitrogens is 1. The van der Waals surface area contributed by atoms with Crippen molar-refractivity contribution in [2.45, 2.75) is 33.3 Å². The lowest BCUT2D eigenvalue weighted by molar-refractivity contribution is -0.886. The SMILES string of the molecule is CC(C)(O)C(=O)[O-].CC[N+](C)(C)CC. The molecule has 0 aliphatic rings. The molecule has 0 fully saturated rings. The summed E-state index contributed by atoms with van der Waals surface area (Å²) >= 11 is 0. The van der Waals surface area contributed by atoms with Crippen LogP contribution in [0.3, 0.4) is 0 Å². The van der Waals surface area contributed by atoms with E-state index in [1.54, 1.807) is 0 Å². The summed E-state index contributed by atoms with van der Waals surface area (Å²) in [7, 11) is 4.47. The molecule has 0 aromatic carbocycles. The molecule has 0 saturated carbocycles. The molecule has 0 aromatic rings. The number of carbonyl (C=O) groups excluding carboxylic acids is 1. The van der Waals surface area contributed by atoms with Gasteiger partial charge in [0.2, 0.25) is 0 Å². The Morgan fingerprint density at radius 3 is 1.50 bits per heavy atom. The van der Waals surface area contributed by atoms with E-state index in [9.17, 15) is 9.90 Å². The summed E-state index contributed by atoms with van der Waals surface area (Å²) < 4.78 is 1.14. The molecule has 14 heavy (non-hydrogen) atoms. The summed E-state index contributed by atoms with van der Waals surface area (Å²) in [6.07, 6.45) is 0. The number of nitrogens with zero attached hydrogens (tertiary/aromatic N) is 1. The Labute approximate surface area is 86.7 Å². The van der Waals surface area contributed by atoms with Crippen molar-refractivity contribution in [3.05, 3.63) is 0 Å². The van der Waals surface area contributed by atoms with Gasteiger partial charge in [-0.25, -0.2) is 0 Å². The molecule has 1 N–H and O–H groups in total. The average molecular weight is 205 g/mol. The lowest BCUT2D eigenvalue weighted by Crippen LogP contribution is -2.43. The highest BCUT2D eigenvalue weighted by molar-refractivity contribution is 5.73. The predicted molar refractivity (Wildman–Crippen MR) is 54.5 cm³/mol. The van der Waals surface area contributed by atoms with Gasteiger partial charge in [-0.1, -0.05) is 0 Å². The van der Waals surface area contributed by atoms with Gasteiger partial charge in [-0.3, -0.25) is 0 Å². The Balaban J connectivity index is 0. The fourth-order valence-electron chi connectivity index (χ4n) is 0.224. The van der Waals surface area contributed by atoms with Gasteiger partial charge in [0.05, 0.1) is 38.8 Å². The van der Waals surface area contributed by atoms with Gasteiger partial charge >= 0.3 is 0 Å². The van der Waals surface area contributed by atoms with Crippen LogP contribution in [0.25, 0.3) is 0 Å². The quantitative estimate of drug-likeness (QED) is 0.638. The molecule has 0 saturated heterocycles. The minimum absolute atomic E-state index is 1.14. The smallest absolute Gasteiger partial charge is 0.0983 e. The molecule has 4 heteroatoms. The van der Waals surface area contributed by atoms with Crippen molar-refractivity contribution in [2.24, 2.45) is 0 Å². The summed E-state index contributed by atoms with van der Waals surface area (Å²) in [6, 6.07) is 0. The molecule has 4 nitrogen and oxygen atoms in total. The summed E-state index contributed by atoms with van der Waals surface area (Å²) in [5.41, 5.74) is -1.69. The topological polar surface area (TPSA) is 60.4 Å². The molecule has 86 valence electrons. The minimum atomic E-state index is -1.69. The first-order valence-electron chi connectivity index (χ1n) is 4.82. The Bertz CT molecular complexity index is 165. The number of hydrogen-bond acceptors (Lipinski definition) is 3. The van der Waals surface area contributed by atoms with E-state index in [4.69, 9.17) is 5.11 Å². The Hall–Kier alpha value is -0.610. The second-order valence-corrected chi connectivity index (χ2v) is 4.41. The van der Waals surface area contributed by atoms with Crippen molar-refractivity contribution in [3.63, 3.8) is 0 Å². The third kappa shape index (κ3) is 9.48. The zero-order valence-electron chi connectivity index (χ0n) is 10.1. The van der Waals surface area contributed by atoms with Crippen molar-refractivity contribution < 1.29 is 19.5 Å². The number of carboxylic acid groups (broad SMARTS) is 1. The Kier molecular flexibility index (Phi) is 6.77. The second kappa shape index (κ2) is 5.98. The number of rotatable bonds is 3. The highest BCUT2D eigenvalue weighted by Gasteiger charge is 2.11. The van der Waals surface area contributed by atoms with Crippen LogP contribution < -0.4 is 5.11 Å². The molecule has 0 bridgehead atoms. The maximum absolute atomic E-state index is 9.66. The molecule has 0 unspecified atom stereocenters. The molecule has 0 amide bonds. The number of hydrogen-bond donors (Lipinski definition) is 1. The predicted octanol–water partition coefficient (Wildman–Crippen LogP) is -0.390. The van der Waals surface area contributed by atoms with Crippen LogP contribution in [0.1, 0.15) is 27.7 Å². The normalized spacial score (nSPS) is 11.6. The molecule has 0 radical (unpaired) electrons. The van der Waals surface area contributed by atoms with Crippen molar-refractivity contribution in [1.82, 2.24) is 0 Å². The first-order chi connectivity index (χ1) is 6.06. The molecular weight excluding hydrogens is 182 g/mol. The van der Waals surface area contributed by atoms with Crippen LogP contribution in [-0.2, 0) is 4.79 Å². The van der Waals surface area contributed by atoms with E-state index in [0.29, 0.717) is 0 Å². The maximum Gasteiger partial charge on any atom is 0.0983 e. The van der Waals surface area contributed by atoms with E-state index in [0.717, 1.165) is 18.3 Å². The monoisotopic (exact) mass is 205 g/mol. The van der Waals surface area contributed by atoms with Gasteiger partial charge in [0, 0.05) is 0 Å². The van der Waals surface area contributed by atoms with Crippen LogP contribution >= 0.6 is 0 Å². The molecule has 0 rings (SSSR count). The first-order valence-corrected chi connectivity index (χ1v) is 4.82. The lowest BCUT2D eigenvalue weighted by atomic mass is 10.1. The third-order valence-corrected chi connectivity index (χ3v) is 2.21. The minimum Gasteiger partial charge on any atom is -0.547 e. The molecule has 0 spiro atoms. The fourth-order valence-corrected chi connectivity index (χ4v) is 0.224. The molecule has 0 aliphatic heterocycles. The van der Waals surface area contributed by atoms with Gasteiger partial charge in [-0.2, -0.15) is 0 Å². The van der Waals surface area contributed by atoms with Gasteiger partial charge in [0.1, 0.15) is 0 Å². The molecule has 0 heterocycles. The molecular formula is C10H23NO3. The lowest BCUT2D eigenvalue weighted by Gasteiger charge is -2.25. The van der Waals surface area contributed by atoms with Crippen LogP contribution in [-0.4, -0.2) is 48.3 Å². The van der Waals surface area contributed by atoms with E-state index in [1.165, 1.54) is 13.1 Å².